The van der Waals surface area contributed by atoms with Crippen molar-refractivity contribution in [2.45, 2.75) is 31.8 Å². The third-order valence-electron chi connectivity index (χ3n) is 8.05. The maximum Gasteiger partial charge on any atom is 0.336 e. The minimum absolute atomic E-state index is 0.0380. The maximum atomic E-state index is 12.5. The number of fused-ring (bicyclic) bond motifs is 1. The van der Waals surface area contributed by atoms with Gasteiger partial charge < -0.3 is 33.9 Å². The number of carboxylic acid groups (broad SMARTS) is 2. The van der Waals surface area contributed by atoms with Crippen molar-refractivity contribution in [3.05, 3.63) is 99.9 Å². The first-order chi connectivity index (χ1) is 21.9. The average molecular weight is 613 g/mol. The van der Waals surface area contributed by atoms with Gasteiger partial charge in [0.05, 0.1) is 31.7 Å². The Kier molecular flexibility index (Phi) is 8.33. The highest BCUT2D eigenvalue weighted by Gasteiger charge is 2.37. The van der Waals surface area contributed by atoms with Crippen LogP contribution in [0.15, 0.2) is 66.4 Å². The molecule has 1 unspecified atom stereocenters. The topological polar surface area (TPSA) is 149 Å². The summed E-state index contributed by atoms with van der Waals surface area (Å²) in [6.07, 6.45) is 5.28. The Morgan fingerprint density at radius 1 is 1.00 bits per heavy atom. The predicted molar refractivity (Wildman–Crippen MR) is 162 cm³/mol. The van der Waals surface area contributed by atoms with Crippen LogP contribution >= 0.6 is 0 Å². The van der Waals surface area contributed by atoms with Crippen molar-refractivity contribution in [3.8, 4) is 28.7 Å². The summed E-state index contributed by atoms with van der Waals surface area (Å²) in [7, 11) is 3.09. The van der Waals surface area contributed by atoms with Crippen molar-refractivity contribution in [1.82, 2.24) is 10.2 Å². The van der Waals surface area contributed by atoms with Gasteiger partial charge in [0, 0.05) is 52.3 Å². The van der Waals surface area contributed by atoms with E-state index in [0.29, 0.717) is 45.4 Å². The average Bonchev–Trinajstić information content (AvgIpc) is 3.60. The first kappa shape index (κ1) is 29.6. The molecule has 0 radical (unpaired) electrons. The molecule has 0 saturated heterocycles. The van der Waals surface area contributed by atoms with E-state index in [9.17, 15) is 19.8 Å². The lowest BCUT2D eigenvalue weighted by molar-refractivity contribution is -0.132. The fraction of sp³-hybridized carbons (Fsp3) is 0.265. The highest BCUT2D eigenvalue weighted by atomic mass is 16.7. The number of carbonyl (C=O) groups is 2. The lowest BCUT2D eigenvalue weighted by Crippen LogP contribution is -2.11. The molecule has 45 heavy (non-hydrogen) atoms. The minimum atomic E-state index is -1.07. The summed E-state index contributed by atoms with van der Waals surface area (Å²) in [5.41, 5.74) is 3.75. The van der Waals surface area contributed by atoms with Gasteiger partial charge in [-0.05, 0) is 43.0 Å². The minimum Gasteiger partial charge on any atom is -0.497 e. The molecule has 11 heteroatoms. The molecule has 3 aromatic carbocycles. The molecule has 0 amide bonds. The fourth-order valence-electron chi connectivity index (χ4n) is 5.65. The van der Waals surface area contributed by atoms with Gasteiger partial charge in [-0.1, -0.05) is 24.3 Å². The van der Waals surface area contributed by atoms with E-state index in [1.54, 1.807) is 61.8 Å². The number of rotatable bonds is 13. The van der Waals surface area contributed by atoms with Crippen molar-refractivity contribution < 1.29 is 43.5 Å². The summed E-state index contributed by atoms with van der Waals surface area (Å²) < 4.78 is 28.2. The predicted octanol–water partition coefficient (Wildman–Crippen LogP) is 5.69. The molecule has 6 rings (SSSR count). The second-order valence-corrected chi connectivity index (χ2v) is 10.9. The number of carboxylic acids is 2. The van der Waals surface area contributed by atoms with Gasteiger partial charge in [0.25, 0.3) is 0 Å². The number of aliphatic carboxylic acids is 1. The van der Waals surface area contributed by atoms with Gasteiger partial charge in [0.15, 0.2) is 11.5 Å². The summed E-state index contributed by atoms with van der Waals surface area (Å²) >= 11 is 0. The summed E-state index contributed by atoms with van der Waals surface area (Å²) in [6.45, 7) is 0.129. The number of aromatic nitrogens is 2. The number of aromatic amines is 1. The van der Waals surface area contributed by atoms with Gasteiger partial charge in [0.1, 0.15) is 23.9 Å². The van der Waals surface area contributed by atoms with E-state index in [1.807, 2.05) is 12.1 Å². The van der Waals surface area contributed by atoms with Gasteiger partial charge in [0.2, 0.25) is 6.79 Å². The Labute approximate surface area is 259 Å². The Bertz CT molecular complexity index is 1770. The van der Waals surface area contributed by atoms with E-state index in [4.69, 9.17) is 23.7 Å². The Morgan fingerprint density at radius 2 is 1.78 bits per heavy atom. The molecule has 1 aromatic heterocycles. The standard InChI is InChI=1S/C34H32N2O9/c1-41-24-9-10-26(28(14-24)43-17-20-5-3-4-6-25(20)34(39)40)31(19-7-8-19)32-23(16-35-36-32)12-22(33(37)38)11-21-13-29-30(45-18-44-29)15-27(21)42-2/h3-6,9-10,12-16,19,31H,7-8,11,17-18H2,1-2H3,(H,35,36)(H,37,38)(H,39,40)/b22-12+. The van der Waals surface area contributed by atoms with Crippen LogP contribution in [0.1, 0.15) is 57.1 Å². The van der Waals surface area contributed by atoms with E-state index in [2.05, 4.69) is 10.2 Å². The van der Waals surface area contributed by atoms with Crippen LogP contribution in [0.4, 0.5) is 0 Å². The van der Waals surface area contributed by atoms with E-state index >= 15 is 0 Å². The number of hydrogen-bond acceptors (Lipinski definition) is 8. The molecule has 11 nitrogen and oxygen atoms in total. The molecule has 2 heterocycles. The zero-order valence-electron chi connectivity index (χ0n) is 24.7. The third kappa shape index (κ3) is 6.28. The quantitative estimate of drug-likeness (QED) is 0.161. The molecule has 2 aliphatic rings. The lowest BCUT2D eigenvalue weighted by atomic mass is 9.87. The van der Waals surface area contributed by atoms with Crippen molar-refractivity contribution in [1.29, 1.82) is 0 Å². The summed E-state index contributed by atoms with van der Waals surface area (Å²) in [5, 5.41) is 27.3. The SMILES string of the molecule is COc1ccc(C(c2[nH]ncc2/C=C(\Cc2cc3c(cc2OC)OCO3)C(=O)O)C2CC2)c(OCc2ccccc2C(=O)O)c1. The van der Waals surface area contributed by atoms with Crippen LogP contribution in [0.3, 0.4) is 0 Å². The van der Waals surface area contributed by atoms with Crippen LogP contribution in [0.5, 0.6) is 28.7 Å². The molecule has 1 aliphatic heterocycles. The number of hydrogen-bond donors (Lipinski definition) is 3. The van der Waals surface area contributed by atoms with Gasteiger partial charge in [-0.2, -0.15) is 5.10 Å². The zero-order valence-corrected chi connectivity index (χ0v) is 24.7. The van der Waals surface area contributed by atoms with E-state index in [1.165, 1.54) is 7.11 Å². The maximum absolute atomic E-state index is 12.5. The van der Waals surface area contributed by atoms with Crippen molar-refractivity contribution in [3.63, 3.8) is 0 Å². The van der Waals surface area contributed by atoms with Crippen molar-refractivity contribution >= 4 is 18.0 Å². The van der Waals surface area contributed by atoms with E-state index in [0.717, 1.165) is 24.1 Å². The summed E-state index contributed by atoms with van der Waals surface area (Å²) in [5.74, 6) is 0.680. The monoisotopic (exact) mass is 612 g/mol. The molecular formula is C34H32N2O9. The normalized spacial score (nSPS) is 14.6. The lowest BCUT2D eigenvalue weighted by Gasteiger charge is -2.21. The third-order valence-corrected chi connectivity index (χ3v) is 8.05. The number of H-pyrrole nitrogens is 1. The molecule has 1 saturated carbocycles. The van der Waals surface area contributed by atoms with Gasteiger partial charge in [-0.3, -0.25) is 5.10 Å². The van der Waals surface area contributed by atoms with Crippen LogP contribution in [0.25, 0.3) is 6.08 Å². The smallest absolute Gasteiger partial charge is 0.336 e. The van der Waals surface area contributed by atoms with Crippen LogP contribution < -0.4 is 23.7 Å². The van der Waals surface area contributed by atoms with E-state index < -0.39 is 11.9 Å². The molecule has 1 aliphatic carbocycles. The first-order valence-electron chi connectivity index (χ1n) is 14.4. The highest BCUT2D eigenvalue weighted by molar-refractivity contribution is 5.93. The molecule has 1 fully saturated rings. The number of ether oxygens (including phenoxy) is 5. The number of aromatic carboxylic acids is 1. The number of nitrogens with one attached hydrogen (secondary N) is 1. The molecule has 4 aromatic rings. The Hall–Kier alpha value is -5.45. The summed E-state index contributed by atoms with van der Waals surface area (Å²) in [4.78, 5) is 24.3. The highest BCUT2D eigenvalue weighted by Crippen LogP contribution is 2.50. The Morgan fingerprint density at radius 3 is 2.49 bits per heavy atom. The molecule has 0 bridgehead atoms. The van der Waals surface area contributed by atoms with Crippen LogP contribution in [0.2, 0.25) is 0 Å². The second-order valence-electron chi connectivity index (χ2n) is 10.9. The van der Waals surface area contributed by atoms with Crippen LogP contribution in [-0.4, -0.2) is 53.4 Å². The van der Waals surface area contributed by atoms with Crippen LogP contribution in [0, 0.1) is 5.92 Å². The zero-order chi connectivity index (χ0) is 31.5. The van der Waals surface area contributed by atoms with Crippen LogP contribution in [-0.2, 0) is 17.8 Å². The van der Waals surface area contributed by atoms with Crippen molar-refractivity contribution in [2.24, 2.45) is 5.92 Å². The summed E-state index contributed by atoms with van der Waals surface area (Å²) in [6, 6.07) is 15.7. The molecule has 3 N–H and O–H groups in total. The number of nitrogens with zero attached hydrogens (tertiary/aromatic N) is 1. The molecular weight excluding hydrogens is 580 g/mol. The fourth-order valence-corrected chi connectivity index (χ4v) is 5.65. The Balaban J connectivity index is 1.35. The van der Waals surface area contributed by atoms with Gasteiger partial charge in [-0.15, -0.1) is 0 Å². The second kappa shape index (κ2) is 12.7. The van der Waals surface area contributed by atoms with Crippen molar-refractivity contribution in [2.75, 3.05) is 21.0 Å². The first-order valence-corrected chi connectivity index (χ1v) is 14.4. The molecule has 0 spiro atoms. The van der Waals surface area contributed by atoms with E-state index in [-0.39, 0.29) is 42.8 Å². The number of methoxy groups -OCH3 is 2. The largest absolute Gasteiger partial charge is 0.497 e. The van der Waals surface area contributed by atoms with Gasteiger partial charge >= 0.3 is 11.9 Å². The molecule has 1 atom stereocenters. The van der Waals surface area contributed by atoms with Gasteiger partial charge in [-0.25, -0.2) is 9.59 Å². The number of benzene rings is 3. The molecule has 232 valence electrons.